The third-order valence-corrected chi connectivity index (χ3v) is 2.41. The van der Waals surface area contributed by atoms with Crippen LogP contribution in [0.4, 0.5) is 0 Å². The van der Waals surface area contributed by atoms with E-state index in [0.717, 1.165) is 26.2 Å². The van der Waals surface area contributed by atoms with Crippen molar-refractivity contribution < 1.29 is 0 Å². The fraction of sp³-hybridized carbons (Fsp3) is 0.571. The second-order valence-electron chi connectivity index (χ2n) is 3.93. The zero-order valence-electron chi connectivity index (χ0n) is 11.2. The fourth-order valence-corrected chi connectivity index (χ4v) is 1.57. The van der Waals surface area contributed by atoms with Crippen LogP contribution in [0.1, 0.15) is 26.2 Å². The first-order chi connectivity index (χ1) is 8.29. The maximum Gasteiger partial charge on any atom is 0.0328 e. The molecule has 17 heavy (non-hydrogen) atoms. The van der Waals surface area contributed by atoms with Crippen LogP contribution in [0.3, 0.4) is 0 Å². The Morgan fingerprint density at radius 1 is 1.00 bits per heavy atom. The van der Waals surface area contributed by atoms with Crippen molar-refractivity contribution in [3.63, 3.8) is 0 Å². The lowest BCUT2D eigenvalue weighted by atomic mass is 10.2. The molecule has 0 aliphatic carbocycles. The molecule has 98 valence electrons. The molecule has 0 radical (unpaired) electrons. The number of hydrogen-bond donors (Lipinski definition) is 1. The van der Waals surface area contributed by atoms with Crippen LogP contribution in [0.15, 0.2) is 38.0 Å². The van der Waals surface area contributed by atoms with Crippen molar-refractivity contribution in [2.45, 2.75) is 26.2 Å². The summed E-state index contributed by atoms with van der Waals surface area (Å²) in [6.45, 7) is 17.0. The summed E-state index contributed by atoms with van der Waals surface area (Å²) >= 11 is 0. The van der Waals surface area contributed by atoms with Gasteiger partial charge >= 0.3 is 0 Å². The van der Waals surface area contributed by atoms with Crippen molar-refractivity contribution in [2.75, 3.05) is 26.2 Å². The molecular formula is C14H27N3. The van der Waals surface area contributed by atoms with E-state index < -0.39 is 0 Å². The monoisotopic (exact) mass is 237 g/mol. The number of unbranched alkanes of at least 4 members (excludes halogenated alkanes) is 2. The molecule has 0 aromatic carbocycles. The largest absolute Gasteiger partial charge is 0.238 e. The topological polar surface area (TPSA) is 18.5 Å². The molecule has 0 aromatic heterocycles. The van der Waals surface area contributed by atoms with Gasteiger partial charge in [0.2, 0.25) is 0 Å². The van der Waals surface area contributed by atoms with Crippen LogP contribution >= 0.6 is 0 Å². The van der Waals surface area contributed by atoms with Crippen molar-refractivity contribution in [1.29, 1.82) is 0 Å². The Balaban J connectivity index is 4.29. The molecule has 0 saturated carbocycles. The third kappa shape index (κ3) is 7.91. The minimum Gasteiger partial charge on any atom is -0.238 e. The minimum absolute atomic E-state index is 0.775. The van der Waals surface area contributed by atoms with E-state index >= 15 is 0 Å². The number of hydrazine groups is 2. The van der Waals surface area contributed by atoms with Gasteiger partial charge in [0.15, 0.2) is 0 Å². The van der Waals surface area contributed by atoms with Crippen molar-refractivity contribution >= 4 is 0 Å². The van der Waals surface area contributed by atoms with Gasteiger partial charge in [-0.15, -0.1) is 19.7 Å². The van der Waals surface area contributed by atoms with E-state index in [1.165, 1.54) is 19.3 Å². The van der Waals surface area contributed by atoms with Gasteiger partial charge in [0.1, 0.15) is 0 Å². The van der Waals surface area contributed by atoms with Crippen molar-refractivity contribution in [1.82, 2.24) is 15.6 Å². The van der Waals surface area contributed by atoms with Gasteiger partial charge in [-0.05, 0) is 6.42 Å². The Morgan fingerprint density at radius 2 is 1.65 bits per heavy atom. The summed E-state index contributed by atoms with van der Waals surface area (Å²) in [4.78, 5) is 0. The van der Waals surface area contributed by atoms with Gasteiger partial charge in [-0.25, -0.2) is 10.4 Å². The summed E-state index contributed by atoms with van der Waals surface area (Å²) in [5.74, 6) is 0. The number of nitrogens with zero attached hydrogens (tertiary/aromatic N) is 2. The van der Waals surface area contributed by atoms with E-state index in [4.69, 9.17) is 0 Å². The first kappa shape index (κ1) is 16.1. The van der Waals surface area contributed by atoms with Crippen LogP contribution in [0, 0.1) is 0 Å². The highest BCUT2D eigenvalue weighted by molar-refractivity contribution is 4.79. The lowest BCUT2D eigenvalue weighted by Crippen LogP contribution is -2.51. The van der Waals surface area contributed by atoms with Crippen molar-refractivity contribution in [3.05, 3.63) is 38.0 Å². The molecule has 0 heterocycles. The molecule has 3 nitrogen and oxygen atoms in total. The Kier molecular flexibility index (Phi) is 11.0. The Labute approximate surface area is 106 Å². The van der Waals surface area contributed by atoms with E-state index in [0.29, 0.717) is 0 Å². The van der Waals surface area contributed by atoms with Crippen LogP contribution in [-0.4, -0.2) is 36.3 Å². The normalized spacial score (nSPS) is 10.8. The Hall–Kier alpha value is -0.900. The molecule has 0 bridgehead atoms. The smallest absolute Gasteiger partial charge is 0.0328 e. The first-order valence-electron chi connectivity index (χ1n) is 6.38. The minimum atomic E-state index is 0.775. The van der Waals surface area contributed by atoms with E-state index in [-0.39, 0.29) is 0 Å². The molecule has 0 amide bonds. The van der Waals surface area contributed by atoms with Gasteiger partial charge < -0.3 is 0 Å². The van der Waals surface area contributed by atoms with Gasteiger partial charge in [-0.3, -0.25) is 0 Å². The molecule has 0 atom stereocenters. The van der Waals surface area contributed by atoms with Crippen molar-refractivity contribution in [2.24, 2.45) is 0 Å². The number of hydrogen-bond acceptors (Lipinski definition) is 3. The van der Waals surface area contributed by atoms with E-state index in [9.17, 15) is 0 Å². The van der Waals surface area contributed by atoms with Crippen molar-refractivity contribution in [3.8, 4) is 0 Å². The SMILES string of the molecule is C=CCNN(CCCCC)N(CC=C)CC=C. The Bertz CT molecular complexity index is 204. The lowest BCUT2D eigenvalue weighted by molar-refractivity contribution is -0.0508. The molecule has 3 heteroatoms. The van der Waals surface area contributed by atoms with E-state index in [2.05, 4.69) is 42.2 Å². The second kappa shape index (κ2) is 11.6. The molecule has 0 unspecified atom stereocenters. The first-order valence-corrected chi connectivity index (χ1v) is 6.38. The van der Waals surface area contributed by atoms with Gasteiger partial charge in [0.05, 0.1) is 0 Å². The summed E-state index contributed by atoms with van der Waals surface area (Å²) < 4.78 is 0. The molecule has 1 N–H and O–H groups in total. The molecule has 0 rings (SSSR count). The standard InChI is InChI=1S/C14H27N3/c1-5-9-10-14-17(15-11-6-2)16(12-7-3)13-8-4/h6-8,15H,2-5,9-14H2,1H3. The van der Waals surface area contributed by atoms with Crippen LogP contribution in [-0.2, 0) is 0 Å². The molecule has 0 spiro atoms. The van der Waals surface area contributed by atoms with E-state index in [1.54, 1.807) is 0 Å². The zero-order chi connectivity index (χ0) is 12.9. The quantitative estimate of drug-likeness (QED) is 0.320. The molecular weight excluding hydrogens is 210 g/mol. The van der Waals surface area contributed by atoms with Crippen LogP contribution in [0.2, 0.25) is 0 Å². The van der Waals surface area contributed by atoms with Crippen LogP contribution < -0.4 is 5.43 Å². The molecule has 0 saturated heterocycles. The lowest BCUT2D eigenvalue weighted by Gasteiger charge is -2.33. The molecule has 0 aromatic rings. The van der Waals surface area contributed by atoms with Crippen LogP contribution in [0.5, 0.6) is 0 Å². The second-order valence-corrected chi connectivity index (χ2v) is 3.93. The zero-order valence-corrected chi connectivity index (χ0v) is 11.2. The van der Waals surface area contributed by atoms with Gasteiger partial charge in [0, 0.05) is 26.2 Å². The number of rotatable bonds is 12. The Morgan fingerprint density at radius 3 is 2.12 bits per heavy atom. The third-order valence-electron chi connectivity index (χ3n) is 2.41. The highest BCUT2D eigenvalue weighted by Crippen LogP contribution is 2.01. The molecule has 0 fully saturated rings. The summed E-state index contributed by atoms with van der Waals surface area (Å²) in [7, 11) is 0. The summed E-state index contributed by atoms with van der Waals surface area (Å²) in [5.41, 5.74) is 3.34. The fourth-order valence-electron chi connectivity index (χ4n) is 1.57. The van der Waals surface area contributed by atoms with Gasteiger partial charge in [-0.1, -0.05) is 38.0 Å². The molecule has 0 aliphatic heterocycles. The molecule has 0 aliphatic rings. The predicted octanol–water partition coefficient (Wildman–Crippen LogP) is 2.76. The average Bonchev–Trinajstić information content (AvgIpc) is 2.33. The summed E-state index contributed by atoms with van der Waals surface area (Å²) in [6, 6.07) is 0. The average molecular weight is 237 g/mol. The maximum absolute atomic E-state index is 3.79. The highest BCUT2D eigenvalue weighted by Gasteiger charge is 2.11. The van der Waals surface area contributed by atoms with Gasteiger partial charge in [-0.2, -0.15) is 5.12 Å². The maximum atomic E-state index is 3.79. The van der Waals surface area contributed by atoms with Gasteiger partial charge in [0.25, 0.3) is 0 Å². The number of nitrogens with one attached hydrogen (secondary N) is 1. The summed E-state index contributed by atoms with van der Waals surface area (Å²) in [5, 5.41) is 4.35. The predicted molar refractivity (Wildman–Crippen MR) is 76.4 cm³/mol. The van der Waals surface area contributed by atoms with Crippen LogP contribution in [0.25, 0.3) is 0 Å². The van der Waals surface area contributed by atoms with E-state index in [1.807, 2.05) is 18.2 Å². The summed E-state index contributed by atoms with van der Waals surface area (Å²) in [6.07, 6.45) is 9.36. The highest BCUT2D eigenvalue weighted by atomic mass is 15.8.